The van der Waals surface area contributed by atoms with Gasteiger partial charge in [0.25, 0.3) is 0 Å². The fraction of sp³-hybridized carbons (Fsp3) is 0.909. The van der Waals surface area contributed by atoms with Crippen LogP contribution in [0.1, 0.15) is 92.9 Å². The molecule has 0 aliphatic rings. The maximum Gasteiger partial charge on any atom is 0.311 e. The van der Waals surface area contributed by atoms with Crippen molar-refractivity contribution in [3.05, 3.63) is 0 Å². The molecule has 0 saturated heterocycles. The van der Waals surface area contributed by atoms with Gasteiger partial charge in [0.1, 0.15) is 0 Å². The van der Waals surface area contributed by atoms with E-state index in [-0.39, 0.29) is 18.0 Å². The van der Waals surface area contributed by atoms with Gasteiger partial charge in [-0.05, 0) is 67.2 Å². The minimum Gasteiger partial charge on any atom is -0.466 e. The summed E-state index contributed by atoms with van der Waals surface area (Å²) < 4.78 is 15.9. The lowest BCUT2D eigenvalue weighted by Crippen LogP contribution is -2.26. The first-order valence-electron chi connectivity index (χ1n) is 10.5. The van der Waals surface area contributed by atoms with Crippen LogP contribution in [-0.4, -0.2) is 38.4 Å². The van der Waals surface area contributed by atoms with Gasteiger partial charge < -0.3 is 14.2 Å². The first-order chi connectivity index (χ1) is 12.6. The Morgan fingerprint density at radius 3 is 1.41 bits per heavy atom. The zero-order chi connectivity index (χ0) is 20.9. The van der Waals surface area contributed by atoms with Gasteiger partial charge in [0.2, 0.25) is 0 Å². The molecule has 0 fully saturated rings. The number of unbranched alkanes of at least 4 members (excludes halogenated alkanes) is 2. The molecule has 0 rings (SSSR count). The van der Waals surface area contributed by atoms with E-state index in [2.05, 4.69) is 0 Å². The molecule has 0 aromatic carbocycles. The number of ether oxygens (including phenoxy) is 3. The van der Waals surface area contributed by atoms with E-state index >= 15 is 0 Å². The summed E-state index contributed by atoms with van der Waals surface area (Å²) in [5.74, 6) is -0.227. The first-order valence-corrected chi connectivity index (χ1v) is 10.5. The highest BCUT2D eigenvalue weighted by Gasteiger charge is 2.29. The summed E-state index contributed by atoms with van der Waals surface area (Å²) in [6, 6.07) is 0. The summed E-state index contributed by atoms with van der Waals surface area (Å²) in [6.07, 6.45) is 7.94. The Morgan fingerprint density at radius 1 is 0.741 bits per heavy atom. The second-order valence-corrected chi connectivity index (χ2v) is 8.56. The maximum absolute atomic E-state index is 11.9. The van der Waals surface area contributed by atoms with Gasteiger partial charge in [-0.25, -0.2) is 0 Å². The number of carbonyl (C=O) groups is 2. The third-order valence-corrected chi connectivity index (χ3v) is 5.15. The van der Waals surface area contributed by atoms with Crippen LogP contribution in [0, 0.1) is 10.8 Å². The molecule has 160 valence electrons. The van der Waals surface area contributed by atoms with Gasteiger partial charge in [-0.1, -0.05) is 25.7 Å². The molecule has 0 atom stereocenters. The third-order valence-electron chi connectivity index (χ3n) is 5.15. The average Bonchev–Trinajstić information content (AvgIpc) is 2.60. The van der Waals surface area contributed by atoms with Crippen LogP contribution in [0.3, 0.4) is 0 Å². The molecule has 0 unspecified atom stereocenters. The predicted molar refractivity (Wildman–Crippen MR) is 109 cm³/mol. The minimum absolute atomic E-state index is 0.113. The summed E-state index contributed by atoms with van der Waals surface area (Å²) >= 11 is 0. The maximum atomic E-state index is 11.9. The lowest BCUT2D eigenvalue weighted by atomic mass is 9.86. The van der Waals surface area contributed by atoms with Crippen molar-refractivity contribution in [3.63, 3.8) is 0 Å². The van der Waals surface area contributed by atoms with E-state index in [0.29, 0.717) is 13.2 Å². The van der Waals surface area contributed by atoms with E-state index in [1.807, 2.05) is 41.5 Å². The highest BCUT2D eigenvalue weighted by Crippen LogP contribution is 2.28. The summed E-state index contributed by atoms with van der Waals surface area (Å²) in [6.45, 7) is 12.3. The van der Waals surface area contributed by atoms with Gasteiger partial charge in [-0.3, -0.25) is 9.59 Å². The van der Waals surface area contributed by atoms with Crippen LogP contribution in [0.5, 0.6) is 0 Å². The molecule has 0 N–H and O–H groups in total. The Morgan fingerprint density at radius 2 is 1.11 bits per heavy atom. The fourth-order valence-corrected chi connectivity index (χ4v) is 3.11. The van der Waals surface area contributed by atoms with Crippen LogP contribution in [0.2, 0.25) is 0 Å². The van der Waals surface area contributed by atoms with E-state index in [1.165, 1.54) is 0 Å². The Balaban J connectivity index is 4.06. The largest absolute Gasteiger partial charge is 0.466 e. The van der Waals surface area contributed by atoms with Crippen molar-refractivity contribution in [2.45, 2.75) is 99.0 Å². The number of carbonyl (C=O) groups excluding carboxylic acids is 2. The van der Waals surface area contributed by atoms with Crippen LogP contribution in [-0.2, 0) is 23.8 Å². The Labute approximate surface area is 166 Å². The Bertz CT molecular complexity index is 390. The van der Waals surface area contributed by atoms with Crippen LogP contribution in [0.4, 0.5) is 0 Å². The highest BCUT2D eigenvalue weighted by atomic mass is 16.5. The molecule has 0 aromatic rings. The van der Waals surface area contributed by atoms with E-state index in [1.54, 1.807) is 7.11 Å². The molecule has 0 aliphatic heterocycles. The van der Waals surface area contributed by atoms with Crippen molar-refractivity contribution in [3.8, 4) is 0 Å². The molecule has 0 bridgehead atoms. The van der Waals surface area contributed by atoms with Crippen molar-refractivity contribution in [1.82, 2.24) is 0 Å². The first kappa shape index (κ1) is 25.9. The van der Waals surface area contributed by atoms with Gasteiger partial charge in [-0.2, -0.15) is 0 Å². The summed E-state index contributed by atoms with van der Waals surface area (Å²) in [4.78, 5) is 23.8. The van der Waals surface area contributed by atoms with Crippen molar-refractivity contribution in [2.24, 2.45) is 10.8 Å². The minimum atomic E-state index is -0.419. The van der Waals surface area contributed by atoms with Crippen molar-refractivity contribution in [1.29, 1.82) is 0 Å². The molecule has 0 amide bonds. The van der Waals surface area contributed by atoms with E-state index in [9.17, 15) is 9.59 Å². The molecule has 0 spiro atoms. The lowest BCUT2D eigenvalue weighted by molar-refractivity contribution is -0.154. The fourth-order valence-electron chi connectivity index (χ4n) is 3.11. The molecule has 0 aromatic heterocycles. The number of rotatable bonds is 15. The molecule has 0 saturated carbocycles. The Hall–Kier alpha value is -1.10. The molecular formula is C22H42O5. The molecular weight excluding hydrogens is 344 g/mol. The lowest BCUT2D eigenvalue weighted by Gasteiger charge is -2.23. The summed E-state index contributed by atoms with van der Waals surface area (Å²) in [5, 5.41) is 0. The number of hydrogen-bond acceptors (Lipinski definition) is 5. The zero-order valence-corrected chi connectivity index (χ0v) is 18.7. The number of methoxy groups -OCH3 is 1. The number of esters is 2. The monoisotopic (exact) mass is 386 g/mol. The van der Waals surface area contributed by atoms with Crippen LogP contribution >= 0.6 is 0 Å². The zero-order valence-electron chi connectivity index (χ0n) is 18.7. The smallest absolute Gasteiger partial charge is 0.311 e. The SMILES string of the molecule is CCOC(=O)C(C)(C)CCCCC(CCCCC(C)(C)C(=O)OCC)OC. The van der Waals surface area contributed by atoms with Crippen molar-refractivity contribution < 1.29 is 23.8 Å². The van der Waals surface area contributed by atoms with Crippen molar-refractivity contribution in [2.75, 3.05) is 20.3 Å². The second kappa shape index (κ2) is 13.1. The van der Waals surface area contributed by atoms with E-state index < -0.39 is 10.8 Å². The van der Waals surface area contributed by atoms with E-state index in [0.717, 1.165) is 51.4 Å². The second-order valence-electron chi connectivity index (χ2n) is 8.56. The van der Waals surface area contributed by atoms with Crippen LogP contribution in [0.15, 0.2) is 0 Å². The molecule has 0 aliphatic carbocycles. The summed E-state index contributed by atoms with van der Waals surface area (Å²) in [5.41, 5.74) is -0.839. The average molecular weight is 387 g/mol. The standard InChI is InChI=1S/C22H42O5/c1-8-26-19(23)21(3,4)16-12-10-14-18(25-7)15-11-13-17-22(5,6)20(24)27-9-2/h18H,8-17H2,1-7H3. The third kappa shape index (κ3) is 10.7. The van der Waals surface area contributed by atoms with Gasteiger partial charge >= 0.3 is 11.9 Å². The molecule has 5 heteroatoms. The molecule has 0 heterocycles. The van der Waals surface area contributed by atoms with Crippen LogP contribution in [0.25, 0.3) is 0 Å². The highest BCUT2D eigenvalue weighted by molar-refractivity contribution is 5.76. The molecule has 5 nitrogen and oxygen atoms in total. The topological polar surface area (TPSA) is 61.8 Å². The van der Waals surface area contributed by atoms with E-state index in [4.69, 9.17) is 14.2 Å². The molecule has 0 radical (unpaired) electrons. The van der Waals surface area contributed by atoms with Gasteiger partial charge in [0.05, 0.1) is 30.1 Å². The summed E-state index contributed by atoms with van der Waals surface area (Å²) in [7, 11) is 1.76. The quantitative estimate of drug-likeness (QED) is 0.282. The number of hydrogen-bond donors (Lipinski definition) is 0. The van der Waals surface area contributed by atoms with Gasteiger partial charge in [0, 0.05) is 7.11 Å². The van der Waals surface area contributed by atoms with Crippen LogP contribution < -0.4 is 0 Å². The van der Waals surface area contributed by atoms with Gasteiger partial charge in [0.15, 0.2) is 0 Å². The predicted octanol–water partition coefficient (Wildman–Crippen LogP) is 5.30. The van der Waals surface area contributed by atoms with Crippen molar-refractivity contribution >= 4 is 11.9 Å². The normalized spacial score (nSPS) is 12.3. The Kier molecular flexibility index (Phi) is 12.6. The van der Waals surface area contributed by atoms with Gasteiger partial charge in [-0.15, -0.1) is 0 Å². The molecule has 27 heavy (non-hydrogen) atoms.